The molecule has 184 valence electrons. The van der Waals surface area contributed by atoms with Crippen LogP contribution in [0.3, 0.4) is 0 Å². The molecule has 0 bridgehead atoms. The number of likely N-dealkylation sites (tertiary alicyclic amines) is 1. The van der Waals surface area contributed by atoms with E-state index in [1.807, 2.05) is 12.1 Å². The van der Waals surface area contributed by atoms with Gasteiger partial charge >= 0.3 is 0 Å². The number of carbonyl (C=O) groups is 1. The topological polar surface area (TPSA) is 36.7 Å². The second kappa shape index (κ2) is 10.8. The van der Waals surface area contributed by atoms with Gasteiger partial charge in [0.05, 0.1) is 12.8 Å². The summed E-state index contributed by atoms with van der Waals surface area (Å²) in [6.45, 7) is 5.54. The maximum atomic E-state index is 13.8. The molecule has 2 fully saturated rings. The van der Waals surface area contributed by atoms with Crippen LogP contribution in [-0.2, 0) is 6.54 Å². The van der Waals surface area contributed by atoms with E-state index in [1.54, 1.807) is 18.4 Å². The molecule has 5 heteroatoms. The van der Waals surface area contributed by atoms with Crippen molar-refractivity contribution in [1.82, 2.24) is 9.80 Å². The van der Waals surface area contributed by atoms with Crippen LogP contribution in [0.5, 0.6) is 0 Å². The van der Waals surface area contributed by atoms with Crippen LogP contribution in [0.2, 0.25) is 0 Å². The summed E-state index contributed by atoms with van der Waals surface area (Å²) in [5.74, 6) is 1.36. The van der Waals surface area contributed by atoms with Crippen molar-refractivity contribution in [2.75, 3.05) is 19.6 Å². The van der Waals surface area contributed by atoms with E-state index >= 15 is 0 Å². The van der Waals surface area contributed by atoms with Crippen molar-refractivity contribution in [3.63, 3.8) is 0 Å². The van der Waals surface area contributed by atoms with Crippen molar-refractivity contribution >= 4 is 5.91 Å². The Hall–Kier alpha value is -2.92. The predicted octanol–water partition coefficient (Wildman–Crippen LogP) is 6.42. The van der Waals surface area contributed by atoms with Crippen LogP contribution >= 0.6 is 0 Å². The van der Waals surface area contributed by atoms with Gasteiger partial charge in [-0.15, -0.1) is 0 Å². The van der Waals surface area contributed by atoms with Gasteiger partial charge in [-0.3, -0.25) is 9.69 Å². The van der Waals surface area contributed by atoms with E-state index in [2.05, 4.69) is 41.0 Å². The number of amides is 1. The molecule has 2 aliphatic rings. The van der Waals surface area contributed by atoms with Gasteiger partial charge in [-0.1, -0.05) is 43.5 Å². The number of furan rings is 1. The molecule has 35 heavy (non-hydrogen) atoms. The maximum absolute atomic E-state index is 13.8. The summed E-state index contributed by atoms with van der Waals surface area (Å²) in [6.07, 6.45) is 7.38. The number of nitrogens with zero attached hydrogens (tertiary/aromatic N) is 2. The summed E-state index contributed by atoms with van der Waals surface area (Å²) in [6, 6.07) is 18.9. The Balaban J connectivity index is 1.43. The van der Waals surface area contributed by atoms with Gasteiger partial charge in [-0.25, -0.2) is 4.39 Å². The van der Waals surface area contributed by atoms with E-state index in [1.165, 1.54) is 29.7 Å². The van der Waals surface area contributed by atoms with E-state index < -0.39 is 0 Å². The van der Waals surface area contributed by atoms with E-state index in [4.69, 9.17) is 4.42 Å². The molecule has 1 aliphatic carbocycles. The lowest BCUT2D eigenvalue weighted by Gasteiger charge is -2.37. The fourth-order valence-electron chi connectivity index (χ4n) is 6.05. The number of hydrogen-bond acceptors (Lipinski definition) is 3. The van der Waals surface area contributed by atoms with E-state index in [0.29, 0.717) is 23.9 Å². The lowest BCUT2D eigenvalue weighted by atomic mass is 9.85. The largest absolute Gasteiger partial charge is 0.468 e. The maximum Gasteiger partial charge on any atom is 0.254 e. The minimum absolute atomic E-state index is 0.0323. The molecule has 2 atom stereocenters. The zero-order chi connectivity index (χ0) is 24.2. The van der Waals surface area contributed by atoms with Crippen LogP contribution in [0.1, 0.15) is 65.3 Å². The monoisotopic (exact) mass is 474 g/mol. The highest BCUT2D eigenvalue weighted by Gasteiger charge is 2.38. The first-order chi connectivity index (χ1) is 17.1. The van der Waals surface area contributed by atoms with Crippen LogP contribution < -0.4 is 0 Å². The first-order valence-corrected chi connectivity index (χ1v) is 13.0. The van der Waals surface area contributed by atoms with Crippen LogP contribution in [0.25, 0.3) is 0 Å². The van der Waals surface area contributed by atoms with Gasteiger partial charge in [0, 0.05) is 37.2 Å². The van der Waals surface area contributed by atoms with Gasteiger partial charge in [0.15, 0.2) is 0 Å². The Morgan fingerprint density at radius 2 is 1.77 bits per heavy atom. The molecule has 3 aromatic rings. The Kier molecular flexibility index (Phi) is 7.33. The predicted molar refractivity (Wildman–Crippen MR) is 136 cm³/mol. The number of aryl methyl sites for hydroxylation is 1. The average Bonchev–Trinajstić information content (AvgIpc) is 3.53. The lowest BCUT2D eigenvalue weighted by molar-refractivity contribution is 0.0587. The Morgan fingerprint density at radius 1 is 1.00 bits per heavy atom. The minimum atomic E-state index is -0.310. The third-order valence-corrected chi connectivity index (χ3v) is 7.86. The molecule has 0 unspecified atom stereocenters. The highest BCUT2D eigenvalue weighted by molar-refractivity contribution is 5.94. The molecule has 0 radical (unpaired) electrons. The van der Waals surface area contributed by atoms with Gasteiger partial charge in [-0.05, 0) is 73.2 Å². The number of halogens is 1. The summed E-state index contributed by atoms with van der Waals surface area (Å²) < 4.78 is 19.2. The molecule has 1 amide bonds. The molecule has 1 saturated heterocycles. The summed E-state index contributed by atoms with van der Waals surface area (Å²) in [4.78, 5) is 18.4. The summed E-state index contributed by atoms with van der Waals surface area (Å²) in [5, 5.41) is 0. The summed E-state index contributed by atoms with van der Waals surface area (Å²) in [5.41, 5.74) is 3.25. The fraction of sp³-hybridized carbons (Fsp3) is 0.433. The molecular weight excluding hydrogens is 439 g/mol. The number of rotatable bonds is 7. The van der Waals surface area contributed by atoms with Crippen molar-refractivity contribution in [1.29, 1.82) is 0 Å². The van der Waals surface area contributed by atoms with Gasteiger partial charge in [-0.2, -0.15) is 0 Å². The van der Waals surface area contributed by atoms with Crippen LogP contribution in [-0.4, -0.2) is 41.4 Å². The average molecular weight is 475 g/mol. The highest BCUT2D eigenvalue weighted by atomic mass is 19.1. The standard InChI is InChI=1S/C30H35FN2O2/c1-22-8-5-6-12-28(22)29-21-32(20-27-11-7-17-35-27)18-24(29)19-33(26-9-3-2-4-10-26)30(34)23-13-15-25(31)16-14-23/h5-8,11-17,24,26,29H,2-4,9-10,18-21H2,1H3/t24-,29-/m1/s1. The second-order valence-electron chi connectivity index (χ2n) is 10.3. The summed E-state index contributed by atoms with van der Waals surface area (Å²) in [7, 11) is 0. The van der Waals surface area contributed by atoms with Gasteiger partial charge in [0.1, 0.15) is 11.6 Å². The van der Waals surface area contributed by atoms with Gasteiger partial charge in [0.25, 0.3) is 5.91 Å². The van der Waals surface area contributed by atoms with E-state index in [0.717, 1.165) is 51.1 Å². The molecule has 2 heterocycles. The van der Waals surface area contributed by atoms with E-state index in [-0.39, 0.29) is 17.8 Å². The molecule has 0 N–H and O–H groups in total. The molecule has 0 spiro atoms. The van der Waals surface area contributed by atoms with Gasteiger partial charge < -0.3 is 9.32 Å². The first-order valence-electron chi connectivity index (χ1n) is 13.0. The smallest absolute Gasteiger partial charge is 0.254 e. The number of benzene rings is 2. The van der Waals surface area contributed by atoms with Crippen molar-refractivity contribution in [2.24, 2.45) is 5.92 Å². The number of hydrogen-bond donors (Lipinski definition) is 0. The molecule has 1 saturated carbocycles. The molecular formula is C30H35FN2O2. The van der Waals surface area contributed by atoms with E-state index in [9.17, 15) is 9.18 Å². The zero-order valence-corrected chi connectivity index (χ0v) is 20.5. The summed E-state index contributed by atoms with van der Waals surface area (Å²) >= 11 is 0. The molecule has 4 nitrogen and oxygen atoms in total. The highest BCUT2D eigenvalue weighted by Crippen LogP contribution is 2.37. The normalized spacial score (nSPS) is 21.3. The second-order valence-corrected chi connectivity index (χ2v) is 10.3. The van der Waals surface area contributed by atoms with Crippen molar-refractivity contribution < 1.29 is 13.6 Å². The van der Waals surface area contributed by atoms with Crippen LogP contribution in [0.15, 0.2) is 71.3 Å². The fourth-order valence-corrected chi connectivity index (χ4v) is 6.05. The third kappa shape index (κ3) is 5.51. The van der Waals surface area contributed by atoms with Crippen molar-refractivity contribution in [3.8, 4) is 0 Å². The minimum Gasteiger partial charge on any atom is -0.468 e. The van der Waals surface area contributed by atoms with Gasteiger partial charge in [0.2, 0.25) is 0 Å². The third-order valence-electron chi connectivity index (χ3n) is 7.86. The molecule has 1 aliphatic heterocycles. The Bertz CT molecular complexity index is 1110. The van der Waals surface area contributed by atoms with Crippen LogP contribution in [0.4, 0.5) is 4.39 Å². The Labute approximate surface area is 207 Å². The molecule has 2 aromatic carbocycles. The lowest BCUT2D eigenvalue weighted by Crippen LogP contribution is -2.45. The number of carbonyl (C=O) groups excluding carboxylic acids is 1. The first kappa shape index (κ1) is 23.8. The zero-order valence-electron chi connectivity index (χ0n) is 20.5. The Morgan fingerprint density at radius 3 is 2.49 bits per heavy atom. The quantitative estimate of drug-likeness (QED) is 0.397. The van der Waals surface area contributed by atoms with Crippen LogP contribution in [0, 0.1) is 18.7 Å². The van der Waals surface area contributed by atoms with Crippen molar-refractivity contribution in [2.45, 2.75) is 57.5 Å². The molecule has 1 aromatic heterocycles. The van der Waals surface area contributed by atoms with Crippen molar-refractivity contribution in [3.05, 3.63) is 95.2 Å². The molecule has 5 rings (SSSR count). The SMILES string of the molecule is Cc1ccccc1[C@@H]1CN(Cc2ccco2)C[C@@H]1CN(C(=O)c1ccc(F)cc1)C1CCCCC1.